The standard InChI is InChI=1S/C23H21ClN2O4S/c24-19-7-4-8-20(16-19)30-14-12-25-23(27)18-6-3-9-21(15-18)31(28,29)26-13-11-17-5-1-2-10-22(17)26/h1-10,15-16H,11-14H2,(H,25,27). The first-order valence-corrected chi connectivity index (χ1v) is 11.6. The molecule has 0 atom stereocenters. The highest BCUT2D eigenvalue weighted by Gasteiger charge is 2.30. The molecule has 0 bridgehead atoms. The monoisotopic (exact) mass is 456 g/mol. The number of nitrogens with zero attached hydrogens (tertiary/aromatic N) is 1. The number of ether oxygens (including phenoxy) is 1. The van der Waals surface area contributed by atoms with Gasteiger partial charge >= 0.3 is 0 Å². The van der Waals surface area contributed by atoms with E-state index >= 15 is 0 Å². The average molecular weight is 457 g/mol. The zero-order valence-corrected chi connectivity index (χ0v) is 18.2. The van der Waals surface area contributed by atoms with Crippen LogP contribution in [0.25, 0.3) is 0 Å². The van der Waals surface area contributed by atoms with Crippen molar-refractivity contribution in [3.8, 4) is 5.75 Å². The number of carbonyl (C=O) groups excluding carboxylic acids is 1. The molecular formula is C23H21ClN2O4S. The van der Waals surface area contributed by atoms with Crippen LogP contribution in [0.4, 0.5) is 5.69 Å². The SMILES string of the molecule is O=C(NCCOc1cccc(Cl)c1)c1cccc(S(=O)(=O)N2CCc3ccccc32)c1. The molecule has 1 aliphatic rings. The van der Waals surface area contributed by atoms with E-state index in [1.54, 1.807) is 42.5 Å². The van der Waals surface area contributed by atoms with E-state index in [2.05, 4.69) is 5.32 Å². The fraction of sp³-hybridized carbons (Fsp3) is 0.174. The van der Waals surface area contributed by atoms with Gasteiger partial charge in [-0.1, -0.05) is 41.9 Å². The first kappa shape index (κ1) is 21.2. The van der Waals surface area contributed by atoms with Gasteiger partial charge in [-0.25, -0.2) is 8.42 Å². The molecule has 6 nitrogen and oxygen atoms in total. The quantitative estimate of drug-likeness (QED) is 0.547. The third-order valence-electron chi connectivity index (χ3n) is 4.98. The molecule has 1 amide bonds. The van der Waals surface area contributed by atoms with Gasteiger partial charge in [0.25, 0.3) is 15.9 Å². The average Bonchev–Trinajstić information content (AvgIpc) is 3.22. The summed E-state index contributed by atoms with van der Waals surface area (Å²) in [6.07, 6.45) is 0.669. The van der Waals surface area contributed by atoms with Crippen LogP contribution in [-0.2, 0) is 16.4 Å². The Morgan fingerprint density at radius 3 is 2.68 bits per heavy atom. The Kier molecular flexibility index (Phi) is 6.15. The number of hydrogen-bond acceptors (Lipinski definition) is 4. The minimum Gasteiger partial charge on any atom is -0.492 e. The van der Waals surface area contributed by atoms with Crippen LogP contribution in [0.5, 0.6) is 5.75 Å². The largest absolute Gasteiger partial charge is 0.492 e. The molecule has 31 heavy (non-hydrogen) atoms. The van der Waals surface area contributed by atoms with Crippen molar-refractivity contribution < 1.29 is 17.9 Å². The summed E-state index contributed by atoms with van der Waals surface area (Å²) in [5.74, 6) is 0.245. The number of sulfonamides is 1. The summed E-state index contributed by atoms with van der Waals surface area (Å²) in [6, 6.07) is 20.5. The van der Waals surface area contributed by atoms with Crippen molar-refractivity contribution in [2.45, 2.75) is 11.3 Å². The van der Waals surface area contributed by atoms with E-state index in [-0.39, 0.29) is 29.5 Å². The Morgan fingerprint density at radius 1 is 1.03 bits per heavy atom. The molecule has 160 valence electrons. The van der Waals surface area contributed by atoms with E-state index in [9.17, 15) is 13.2 Å². The van der Waals surface area contributed by atoms with Crippen molar-refractivity contribution >= 4 is 33.2 Å². The summed E-state index contributed by atoms with van der Waals surface area (Å²) in [7, 11) is -3.76. The third-order valence-corrected chi connectivity index (χ3v) is 7.03. The lowest BCUT2D eigenvalue weighted by Gasteiger charge is -2.20. The molecule has 0 unspecified atom stereocenters. The molecule has 1 N–H and O–H groups in total. The minimum atomic E-state index is -3.76. The van der Waals surface area contributed by atoms with Gasteiger partial charge in [-0.2, -0.15) is 0 Å². The van der Waals surface area contributed by atoms with Crippen molar-refractivity contribution in [1.82, 2.24) is 5.32 Å². The Labute approximate surface area is 186 Å². The Balaban J connectivity index is 1.41. The molecule has 0 aromatic heterocycles. The van der Waals surface area contributed by atoms with Gasteiger partial charge in [0.15, 0.2) is 0 Å². The zero-order chi connectivity index (χ0) is 21.8. The van der Waals surface area contributed by atoms with E-state index in [1.165, 1.54) is 16.4 Å². The molecule has 4 rings (SSSR count). The number of nitrogens with one attached hydrogen (secondary N) is 1. The van der Waals surface area contributed by atoms with Crippen molar-refractivity contribution in [3.05, 3.63) is 88.9 Å². The van der Waals surface area contributed by atoms with E-state index in [0.29, 0.717) is 29.4 Å². The molecule has 0 saturated carbocycles. The van der Waals surface area contributed by atoms with Gasteiger partial charge in [-0.05, 0) is 54.4 Å². The molecule has 3 aromatic rings. The van der Waals surface area contributed by atoms with E-state index < -0.39 is 10.0 Å². The maximum atomic E-state index is 13.2. The summed E-state index contributed by atoms with van der Waals surface area (Å²) in [4.78, 5) is 12.6. The maximum absolute atomic E-state index is 13.2. The first-order chi connectivity index (χ1) is 14.9. The number of halogens is 1. The van der Waals surface area contributed by atoms with Gasteiger partial charge in [0.1, 0.15) is 12.4 Å². The van der Waals surface area contributed by atoms with Crippen LogP contribution in [0.15, 0.2) is 77.7 Å². The van der Waals surface area contributed by atoms with Crippen LogP contribution in [0.2, 0.25) is 5.02 Å². The lowest BCUT2D eigenvalue weighted by Crippen LogP contribution is -2.30. The highest BCUT2D eigenvalue weighted by atomic mass is 35.5. The molecule has 0 radical (unpaired) electrons. The normalized spacial score (nSPS) is 13.0. The van der Waals surface area contributed by atoms with Gasteiger partial charge in [-0.3, -0.25) is 9.10 Å². The van der Waals surface area contributed by atoms with Crippen LogP contribution < -0.4 is 14.4 Å². The van der Waals surface area contributed by atoms with E-state index in [4.69, 9.17) is 16.3 Å². The molecule has 0 aliphatic carbocycles. The van der Waals surface area contributed by atoms with Crippen molar-refractivity contribution in [2.24, 2.45) is 0 Å². The molecule has 1 aliphatic heterocycles. The molecule has 0 spiro atoms. The second-order valence-electron chi connectivity index (χ2n) is 7.05. The number of fused-ring (bicyclic) bond motifs is 1. The predicted molar refractivity (Wildman–Crippen MR) is 120 cm³/mol. The van der Waals surface area contributed by atoms with Gasteiger partial charge in [0.05, 0.1) is 17.1 Å². The summed E-state index contributed by atoms with van der Waals surface area (Å²) < 4.78 is 33.3. The molecule has 8 heteroatoms. The Bertz CT molecular complexity index is 1210. The Morgan fingerprint density at radius 2 is 1.84 bits per heavy atom. The van der Waals surface area contributed by atoms with Crippen LogP contribution in [0.3, 0.4) is 0 Å². The number of hydrogen-bond donors (Lipinski definition) is 1. The molecule has 0 fully saturated rings. The van der Waals surface area contributed by atoms with Crippen molar-refractivity contribution in [2.75, 3.05) is 24.0 Å². The van der Waals surface area contributed by atoms with Gasteiger partial charge in [0.2, 0.25) is 0 Å². The summed E-state index contributed by atoms with van der Waals surface area (Å²) in [5.41, 5.74) is 1.96. The van der Waals surface area contributed by atoms with E-state index in [1.807, 2.05) is 18.2 Å². The summed E-state index contributed by atoms with van der Waals surface area (Å²) in [5, 5.41) is 3.31. The summed E-state index contributed by atoms with van der Waals surface area (Å²) in [6.45, 7) is 0.912. The smallest absolute Gasteiger partial charge is 0.264 e. The molecule has 1 heterocycles. The van der Waals surface area contributed by atoms with Gasteiger partial charge in [0, 0.05) is 17.1 Å². The van der Waals surface area contributed by atoms with Crippen LogP contribution in [0.1, 0.15) is 15.9 Å². The molecular weight excluding hydrogens is 436 g/mol. The fourth-order valence-electron chi connectivity index (χ4n) is 3.47. The first-order valence-electron chi connectivity index (χ1n) is 9.82. The number of para-hydroxylation sites is 1. The van der Waals surface area contributed by atoms with Crippen LogP contribution >= 0.6 is 11.6 Å². The summed E-state index contributed by atoms with van der Waals surface area (Å²) >= 11 is 5.91. The van der Waals surface area contributed by atoms with Gasteiger partial charge in [-0.15, -0.1) is 0 Å². The van der Waals surface area contributed by atoms with Gasteiger partial charge < -0.3 is 10.1 Å². The second kappa shape index (κ2) is 8.99. The lowest BCUT2D eigenvalue weighted by atomic mass is 10.2. The molecule has 0 saturated heterocycles. The van der Waals surface area contributed by atoms with E-state index in [0.717, 1.165) is 5.56 Å². The number of rotatable bonds is 7. The zero-order valence-electron chi connectivity index (χ0n) is 16.6. The van der Waals surface area contributed by atoms with Crippen molar-refractivity contribution in [3.63, 3.8) is 0 Å². The lowest BCUT2D eigenvalue weighted by molar-refractivity contribution is 0.0947. The van der Waals surface area contributed by atoms with Crippen molar-refractivity contribution in [1.29, 1.82) is 0 Å². The Hall–Kier alpha value is -3.03. The highest BCUT2D eigenvalue weighted by Crippen LogP contribution is 2.32. The minimum absolute atomic E-state index is 0.0898. The fourth-order valence-corrected chi connectivity index (χ4v) is 5.20. The van der Waals surface area contributed by atoms with Crippen LogP contribution in [-0.4, -0.2) is 34.0 Å². The molecule has 3 aromatic carbocycles. The third kappa shape index (κ3) is 4.68. The number of amides is 1. The predicted octanol–water partition coefficient (Wildman–Crippen LogP) is 3.90. The highest BCUT2D eigenvalue weighted by molar-refractivity contribution is 7.92. The number of anilines is 1. The number of benzene rings is 3. The topological polar surface area (TPSA) is 75.7 Å². The number of carbonyl (C=O) groups is 1. The van der Waals surface area contributed by atoms with Crippen LogP contribution in [0, 0.1) is 0 Å². The maximum Gasteiger partial charge on any atom is 0.264 e. The second-order valence-corrected chi connectivity index (χ2v) is 9.34.